The van der Waals surface area contributed by atoms with Crippen molar-refractivity contribution in [3.05, 3.63) is 80.9 Å². The number of nitriles is 2. The molecule has 0 radical (unpaired) electrons. The van der Waals surface area contributed by atoms with Crippen molar-refractivity contribution in [2.75, 3.05) is 5.73 Å². The summed E-state index contributed by atoms with van der Waals surface area (Å²) in [6.07, 6.45) is 0. The van der Waals surface area contributed by atoms with E-state index in [0.717, 1.165) is 5.56 Å². The van der Waals surface area contributed by atoms with Gasteiger partial charge in [-0.3, -0.25) is 10.1 Å². The number of benzene rings is 2. The van der Waals surface area contributed by atoms with Crippen LogP contribution in [0.4, 0.5) is 11.5 Å². The Bertz CT molecular complexity index is 1180. The molecule has 0 unspecified atom stereocenters. The van der Waals surface area contributed by atoms with Crippen LogP contribution in [-0.2, 0) is 5.75 Å². The Balaban J connectivity index is 2.09. The van der Waals surface area contributed by atoms with Crippen LogP contribution >= 0.6 is 11.8 Å². The predicted molar refractivity (Wildman–Crippen MR) is 111 cm³/mol. The molecule has 0 aliphatic rings. The number of anilines is 1. The molecule has 0 saturated carbocycles. The highest BCUT2D eigenvalue weighted by Gasteiger charge is 2.21. The van der Waals surface area contributed by atoms with Gasteiger partial charge < -0.3 is 5.73 Å². The van der Waals surface area contributed by atoms with Gasteiger partial charge in [0.2, 0.25) is 0 Å². The van der Waals surface area contributed by atoms with E-state index in [-0.39, 0.29) is 28.4 Å². The van der Waals surface area contributed by atoms with E-state index in [4.69, 9.17) is 5.73 Å². The smallest absolute Gasteiger partial charge is 0.273 e. The second kappa shape index (κ2) is 8.42. The van der Waals surface area contributed by atoms with Crippen molar-refractivity contribution < 1.29 is 4.92 Å². The van der Waals surface area contributed by atoms with E-state index >= 15 is 0 Å². The Kier molecular flexibility index (Phi) is 5.77. The first kappa shape index (κ1) is 19.9. The summed E-state index contributed by atoms with van der Waals surface area (Å²) < 4.78 is 0. The zero-order valence-electron chi connectivity index (χ0n) is 15.4. The third-order valence-corrected chi connectivity index (χ3v) is 5.33. The lowest BCUT2D eigenvalue weighted by molar-refractivity contribution is -0.385. The summed E-state index contributed by atoms with van der Waals surface area (Å²) >= 11 is 1.17. The number of para-hydroxylation sites is 1. The van der Waals surface area contributed by atoms with E-state index in [9.17, 15) is 20.6 Å². The first-order valence-electron chi connectivity index (χ1n) is 8.52. The van der Waals surface area contributed by atoms with Crippen LogP contribution in [0.5, 0.6) is 0 Å². The minimum Gasteiger partial charge on any atom is -0.383 e. The van der Waals surface area contributed by atoms with Gasteiger partial charge in [-0.15, -0.1) is 0 Å². The van der Waals surface area contributed by atoms with Crippen molar-refractivity contribution in [2.24, 2.45) is 0 Å². The fraction of sp³-hybridized carbons (Fsp3) is 0.0952. The van der Waals surface area contributed by atoms with E-state index in [0.29, 0.717) is 21.7 Å². The number of pyridine rings is 1. The number of hydrogen-bond acceptors (Lipinski definition) is 7. The maximum Gasteiger partial charge on any atom is 0.273 e. The van der Waals surface area contributed by atoms with Gasteiger partial charge in [0.15, 0.2) is 0 Å². The minimum atomic E-state index is -0.445. The standard InChI is InChI=1S/C21H15N5O2S/c1-13-6-8-14(9-7-13)19-16(10-22)20(24)25-21(17(19)11-23)29-12-15-4-2-3-5-18(15)26(27)28/h2-9H,12H2,1H3,(H2,24,25). The van der Waals surface area contributed by atoms with Gasteiger partial charge in [0, 0.05) is 22.9 Å². The van der Waals surface area contributed by atoms with Crippen LogP contribution in [0.25, 0.3) is 11.1 Å². The van der Waals surface area contributed by atoms with Crippen LogP contribution in [0.3, 0.4) is 0 Å². The number of nitrogen functional groups attached to an aromatic ring is 1. The molecule has 2 N–H and O–H groups in total. The molecular formula is C21H15N5O2S. The van der Waals surface area contributed by atoms with Gasteiger partial charge in [-0.1, -0.05) is 59.8 Å². The minimum absolute atomic E-state index is 0.00103. The van der Waals surface area contributed by atoms with Crippen LogP contribution in [-0.4, -0.2) is 9.91 Å². The molecule has 142 valence electrons. The van der Waals surface area contributed by atoms with E-state index in [1.165, 1.54) is 17.8 Å². The number of aryl methyl sites for hydroxylation is 1. The zero-order valence-corrected chi connectivity index (χ0v) is 16.2. The maximum atomic E-state index is 11.2. The molecule has 0 amide bonds. The second-order valence-electron chi connectivity index (χ2n) is 6.19. The molecule has 0 atom stereocenters. The number of nitrogens with zero attached hydrogens (tertiary/aromatic N) is 4. The number of nitrogens with two attached hydrogens (primary N) is 1. The van der Waals surface area contributed by atoms with Crippen LogP contribution in [0.1, 0.15) is 22.3 Å². The molecule has 3 aromatic rings. The molecule has 0 aliphatic heterocycles. The van der Waals surface area contributed by atoms with Gasteiger partial charge in [0.05, 0.1) is 10.5 Å². The highest BCUT2D eigenvalue weighted by molar-refractivity contribution is 7.98. The second-order valence-corrected chi connectivity index (χ2v) is 7.16. The lowest BCUT2D eigenvalue weighted by atomic mass is 9.96. The molecule has 29 heavy (non-hydrogen) atoms. The summed E-state index contributed by atoms with van der Waals surface area (Å²) in [5, 5.41) is 30.9. The number of rotatable bonds is 5. The van der Waals surface area contributed by atoms with E-state index < -0.39 is 4.92 Å². The Hall–Kier alpha value is -3.88. The molecule has 1 heterocycles. The molecule has 0 spiro atoms. The Morgan fingerprint density at radius 1 is 1.10 bits per heavy atom. The highest BCUT2D eigenvalue weighted by Crippen LogP contribution is 2.37. The van der Waals surface area contributed by atoms with Crippen molar-refractivity contribution in [1.29, 1.82) is 10.5 Å². The molecule has 0 bridgehead atoms. The van der Waals surface area contributed by atoms with Gasteiger partial charge in [-0.25, -0.2) is 4.98 Å². The van der Waals surface area contributed by atoms with Crippen molar-refractivity contribution >= 4 is 23.3 Å². The number of nitro benzene ring substituents is 1. The molecule has 2 aromatic carbocycles. The molecular weight excluding hydrogens is 386 g/mol. The summed E-state index contributed by atoms with van der Waals surface area (Å²) in [6, 6.07) is 18.0. The number of nitro groups is 1. The number of aromatic nitrogens is 1. The predicted octanol–water partition coefficient (Wildman–Crippen LogP) is 4.58. The van der Waals surface area contributed by atoms with Crippen molar-refractivity contribution in [1.82, 2.24) is 4.98 Å². The van der Waals surface area contributed by atoms with Gasteiger partial charge >= 0.3 is 0 Å². The lowest BCUT2D eigenvalue weighted by Gasteiger charge is -2.13. The topological polar surface area (TPSA) is 130 Å². The van der Waals surface area contributed by atoms with Gasteiger partial charge in [-0.05, 0) is 12.5 Å². The van der Waals surface area contributed by atoms with E-state index in [1.807, 2.05) is 37.3 Å². The van der Waals surface area contributed by atoms with Crippen LogP contribution in [0.2, 0.25) is 0 Å². The average Bonchev–Trinajstić information content (AvgIpc) is 2.72. The summed E-state index contributed by atoms with van der Waals surface area (Å²) in [7, 11) is 0. The van der Waals surface area contributed by atoms with Gasteiger partial charge in [-0.2, -0.15) is 10.5 Å². The molecule has 3 rings (SSSR count). The molecule has 0 saturated heterocycles. The van der Waals surface area contributed by atoms with Gasteiger partial charge in [0.25, 0.3) is 5.69 Å². The fourth-order valence-corrected chi connectivity index (χ4v) is 3.86. The van der Waals surface area contributed by atoms with Crippen molar-refractivity contribution in [2.45, 2.75) is 17.7 Å². The van der Waals surface area contributed by atoms with E-state index in [2.05, 4.69) is 11.1 Å². The van der Waals surface area contributed by atoms with Crippen molar-refractivity contribution in [3.8, 4) is 23.3 Å². The normalized spacial score (nSPS) is 10.2. The SMILES string of the molecule is Cc1ccc(-c2c(C#N)c(N)nc(SCc3ccccc3[N+](=O)[O-])c2C#N)cc1. The first-order valence-corrected chi connectivity index (χ1v) is 9.50. The molecule has 0 fully saturated rings. The molecule has 1 aromatic heterocycles. The summed E-state index contributed by atoms with van der Waals surface area (Å²) in [4.78, 5) is 15.0. The summed E-state index contributed by atoms with van der Waals surface area (Å²) in [5.74, 6) is 0.254. The largest absolute Gasteiger partial charge is 0.383 e. The molecule has 0 aliphatic carbocycles. The lowest BCUT2D eigenvalue weighted by Crippen LogP contribution is -2.03. The number of hydrogen-bond donors (Lipinski definition) is 1. The van der Waals surface area contributed by atoms with Gasteiger partial charge in [0.1, 0.15) is 28.5 Å². The van der Waals surface area contributed by atoms with Crippen molar-refractivity contribution in [3.63, 3.8) is 0 Å². The highest BCUT2D eigenvalue weighted by atomic mass is 32.2. The Labute approximate surface area is 171 Å². The molecule has 7 nitrogen and oxygen atoms in total. The summed E-state index contributed by atoms with van der Waals surface area (Å²) in [5.41, 5.74) is 9.03. The monoisotopic (exact) mass is 401 g/mol. The fourth-order valence-electron chi connectivity index (χ4n) is 2.87. The first-order chi connectivity index (χ1) is 14.0. The number of thioether (sulfide) groups is 1. The molecule has 8 heteroatoms. The van der Waals surface area contributed by atoms with E-state index in [1.54, 1.807) is 18.2 Å². The zero-order chi connectivity index (χ0) is 21.0. The Morgan fingerprint density at radius 3 is 2.38 bits per heavy atom. The van der Waals surface area contributed by atoms with Crippen LogP contribution in [0.15, 0.2) is 53.6 Å². The Morgan fingerprint density at radius 2 is 1.76 bits per heavy atom. The summed E-state index contributed by atoms with van der Waals surface area (Å²) in [6.45, 7) is 1.94. The third kappa shape index (κ3) is 4.03. The van der Waals surface area contributed by atoms with Crippen LogP contribution < -0.4 is 5.73 Å². The maximum absolute atomic E-state index is 11.2. The van der Waals surface area contributed by atoms with Crippen LogP contribution in [0, 0.1) is 39.7 Å². The third-order valence-electron chi connectivity index (χ3n) is 4.31. The average molecular weight is 401 g/mol. The quantitative estimate of drug-likeness (QED) is 0.376.